The lowest BCUT2D eigenvalue weighted by atomic mass is 9.52. The van der Waals surface area contributed by atoms with E-state index >= 15 is 0 Å². The molecule has 5 fully saturated rings. The second-order valence-electron chi connectivity index (χ2n) is 11.1. The summed E-state index contributed by atoms with van der Waals surface area (Å²) in [4.78, 5) is 21.5. The summed E-state index contributed by atoms with van der Waals surface area (Å²) >= 11 is 0. The summed E-state index contributed by atoms with van der Waals surface area (Å²) in [6, 6.07) is 2.62. The molecular formula is C24H33F3N4O2. The highest BCUT2D eigenvalue weighted by Crippen LogP contribution is 2.55. The van der Waals surface area contributed by atoms with Crippen molar-refractivity contribution in [1.82, 2.24) is 15.2 Å². The minimum absolute atomic E-state index is 0.0214. The van der Waals surface area contributed by atoms with E-state index in [4.69, 9.17) is 0 Å². The van der Waals surface area contributed by atoms with Gasteiger partial charge in [-0.2, -0.15) is 13.2 Å². The number of halogens is 3. The molecule has 1 aliphatic heterocycles. The molecule has 33 heavy (non-hydrogen) atoms. The summed E-state index contributed by atoms with van der Waals surface area (Å²) in [5.41, 5.74) is -1.96. The van der Waals surface area contributed by atoms with Crippen molar-refractivity contribution in [2.45, 2.75) is 69.3 Å². The van der Waals surface area contributed by atoms with Gasteiger partial charge in [0.15, 0.2) is 0 Å². The number of hydrogen-bond acceptors (Lipinski definition) is 5. The minimum Gasteiger partial charge on any atom is -0.390 e. The van der Waals surface area contributed by atoms with E-state index in [-0.39, 0.29) is 11.9 Å². The third-order valence-corrected chi connectivity index (χ3v) is 8.56. The van der Waals surface area contributed by atoms with Crippen LogP contribution in [0.15, 0.2) is 18.3 Å². The van der Waals surface area contributed by atoms with Gasteiger partial charge in [-0.3, -0.25) is 9.69 Å². The Morgan fingerprint density at radius 1 is 1.09 bits per heavy atom. The zero-order valence-electron chi connectivity index (χ0n) is 19.2. The number of amides is 1. The molecule has 9 heteroatoms. The molecule has 0 aromatic carbocycles. The molecule has 6 nitrogen and oxygen atoms in total. The zero-order valence-corrected chi connectivity index (χ0v) is 19.2. The molecule has 4 bridgehead atoms. The summed E-state index contributed by atoms with van der Waals surface area (Å²) in [5, 5.41) is 14.2. The molecule has 2 heterocycles. The van der Waals surface area contributed by atoms with E-state index < -0.39 is 22.9 Å². The van der Waals surface area contributed by atoms with Gasteiger partial charge in [-0.15, -0.1) is 0 Å². The van der Waals surface area contributed by atoms with Crippen LogP contribution in [0.5, 0.6) is 0 Å². The van der Waals surface area contributed by atoms with Crippen LogP contribution in [0.1, 0.15) is 51.5 Å². The second-order valence-corrected chi connectivity index (χ2v) is 11.1. The van der Waals surface area contributed by atoms with Crippen molar-refractivity contribution in [2.24, 2.45) is 17.8 Å². The summed E-state index contributed by atoms with van der Waals surface area (Å²) in [6.07, 6.45) is 1.20. The largest absolute Gasteiger partial charge is 0.417 e. The van der Waals surface area contributed by atoms with Gasteiger partial charge in [0.1, 0.15) is 5.82 Å². The number of aromatic nitrogens is 1. The molecule has 6 rings (SSSR count). The maximum absolute atomic E-state index is 13.4. The third kappa shape index (κ3) is 4.22. The van der Waals surface area contributed by atoms with Gasteiger partial charge in [0.05, 0.1) is 16.7 Å². The topological polar surface area (TPSA) is 68.7 Å². The molecular weight excluding hydrogens is 433 g/mol. The number of pyridine rings is 1. The van der Waals surface area contributed by atoms with Crippen molar-refractivity contribution in [1.29, 1.82) is 0 Å². The van der Waals surface area contributed by atoms with Gasteiger partial charge < -0.3 is 15.3 Å². The molecule has 4 saturated carbocycles. The number of carbonyl (C=O) groups excluding carboxylic acids is 1. The van der Waals surface area contributed by atoms with Crippen LogP contribution in [0.25, 0.3) is 0 Å². The van der Waals surface area contributed by atoms with E-state index in [0.29, 0.717) is 49.8 Å². The van der Waals surface area contributed by atoms with Gasteiger partial charge in [-0.1, -0.05) is 0 Å². The van der Waals surface area contributed by atoms with Crippen LogP contribution in [0.2, 0.25) is 0 Å². The second kappa shape index (κ2) is 7.83. The van der Waals surface area contributed by atoms with Crippen LogP contribution in [-0.4, -0.2) is 64.3 Å². The van der Waals surface area contributed by atoms with Crippen LogP contribution >= 0.6 is 0 Å². The number of nitrogens with one attached hydrogen (secondary N) is 1. The Bertz CT molecular complexity index is 880. The Morgan fingerprint density at radius 2 is 1.73 bits per heavy atom. The third-order valence-electron chi connectivity index (χ3n) is 8.56. The lowest BCUT2D eigenvalue weighted by Gasteiger charge is -2.58. The number of piperazine rings is 1. The lowest BCUT2D eigenvalue weighted by Crippen LogP contribution is -2.66. The summed E-state index contributed by atoms with van der Waals surface area (Å²) in [7, 11) is 0. The number of hydrogen-bond donors (Lipinski definition) is 2. The molecule has 2 unspecified atom stereocenters. The van der Waals surface area contributed by atoms with Gasteiger partial charge in [0.25, 0.3) is 0 Å². The van der Waals surface area contributed by atoms with E-state index in [1.54, 1.807) is 0 Å². The fourth-order valence-corrected chi connectivity index (χ4v) is 6.92. The zero-order chi connectivity index (χ0) is 23.6. The summed E-state index contributed by atoms with van der Waals surface area (Å²) < 4.78 is 38.4. The van der Waals surface area contributed by atoms with Crippen molar-refractivity contribution < 1.29 is 23.1 Å². The molecule has 182 valence electrons. The molecule has 4 aliphatic carbocycles. The van der Waals surface area contributed by atoms with Crippen LogP contribution in [0, 0.1) is 17.8 Å². The van der Waals surface area contributed by atoms with E-state index in [1.165, 1.54) is 6.07 Å². The van der Waals surface area contributed by atoms with Gasteiger partial charge in [0.2, 0.25) is 5.91 Å². The fraction of sp³-hybridized carbons (Fsp3) is 0.750. The highest BCUT2D eigenvalue weighted by atomic mass is 19.4. The van der Waals surface area contributed by atoms with E-state index in [9.17, 15) is 23.1 Å². The number of aliphatic hydroxyl groups is 1. The average molecular weight is 467 g/mol. The standard InChI is InChI=1S/C24H33F3N4O2/c1-22(2,21(32)29-20-16-9-15-10-17(20)13-23(33,11-15)12-16)31-7-5-30(6-8-31)19-4-3-18(14-28-19)24(25,26)27/h3-4,14-17,20,33H,5-13H2,1-2H3,(H,29,32). The van der Waals surface area contributed by atoms with Crippen LogP contribution < -0.4 is 10.2 Å². The first-order valence-electron chi connectivity index (χ1n) is 12.0. The smallest absolute Gasteiger partial charge is 0.390 e. The van der Waals surface area contributed by atoms with Gasteiger partial charge in [-0.05, 0) is 75.8 Å². The monoisotopic (exact) mass is 466 g/mol. The Kier molecular flexibility index (Phi) is 5.44. The van der Waals surface area contributed by atoms with E-state index in [1.807, 2.05) is 18.7 Å². The lowest BCUT2D eigenvalue weighted by molar-refractivity contribution is -0.151. The van der Waals surface area contributed by atoms with Crippen molar-refractivity contribution in [2.75, 3.05) is 31.1 Å². The van der Waals surface area contributed by atoms with Crippen LogP contribution in [-0.2, 0) is 11.0 Å². The fourth-order valence-electron chi connectivity index (χ4n) is 6.92. The van der Waals surface area contributed by atoms with Crippen molar-refractivity contribution in [3.63, 3.8) is 0 Å². The predicted octanol–water partition coefficient (Wildman–Crippen LogP) is 3.06. The van der Waals surface area contributed by atoms with Gasteiger partial charge in [0, 0.05) is 38.4 Å². The number of alkyl halides is 3. The Balaban J connectivity index is 1.18. The number of rotatable bonds is 4. The maximum atomic E-state index is 13.4. The quantitative estimate of drug-likeness (QED) is 0.714. The molecule has 0 spiro atoms. The van der Waals surface area contributed by atoms with E-state index in [2.05, 4.69) is 15.2 Å². The molecule has 2 N–H and O–H groups in total. The van der Waals surface area contributed by atoms with Crippen LogP contribution in [0.3, 0.4) is 0 Å². The number of anilines is 1. The molecule has 1 saturated heterocycles. The highest BCUT2D eigenvalue weighted by Gasteiger charge is 2.55. The Hall–Kier alpha value is -1.87. The molecule has 5 aliphatic rings. The number of nitrogens with zero attached hydrogens (tertiary/aromatic N) is 3. The highest BCUT2D eigenvalue weighted by molar-refractivity contribution is 5.85. The summed E-state index contributed by atoms with van der Waals surface area (Å²) in [6.45, 7) is 6.33. The Morgan fingerprint density at radius 3 is 2.24 bits per heavy atom. The predicted molar refractivity (Wildman–Crippen MR) is 118 cm³/mol. The molecule has 1 aromatic heterocycles. The molecule has 1 amide bonds. The summed E-state index contributed by atoms with van der Waals surface area (Å²) in [5.74, 6) is 1.87. The minimum atomic E-state index is -4.39. The van der Waals surface area contributed by atoms with Crippen LogP contribution in [0.4, 0.5) is 19.0 Å². The SMILES string of the molecule is CC(C)(C(=O)NC1C2CC3CC1CC(O)(C3)C2)N1CCN(c2ccc(C(F)(F)F)cn2)CC1. The first-order valence-corrected chi connectivity index (χ1v) is 12.0. The van der Waals surface area contributed by atoms with Crippen molar-refractivity contribution in [3.05, 3.63) is 23.9 Å². The van der Waals surface area contributed by atoms with Crippen molar-refractivity contribution >= 4 is 11.7 Å². The van der Waals surface area contributed by atoms with Gasteiger partial charge in [-0.25, -0.2) is 4.98 Å². The van der Waals surface area contributed by atoms with E-state index in [0.717, 1.165) is 44.4 Å². The molecule has 0 radical (unpaired) electrons. The van der Waals surface area contributed by atoms with Gasteiger partial charge >= 0.3 is 6.18 Å². The first-order chi connectivity index (χ1) is 15.4. The average Bonchev–Trinajstić information content (AvgIpc) is 2.74. The molecule has 2 atom stereocenters. The number of carbonyl (C=O) groups is 1. The molecule has 1 aromatic rings. The Labute approximate surface area is 192 Å². The first kappa shape index (κ1) is 22.9. The maximum Gasteiger partial charge on any atom is 0.417 e. The normalized spacial score (nSPS) is 34.5. The van der Waals surface area contributed by atoms with Crippen molar-refractivity contribution in [3.8, 4) is 0 Å².